The lowest BCUT2D eigenvalue weighted by Gasteiger charge is -2.00. The number of thiazole rings is 1. The lowest BCUT2D eigenvalue weighted by molar-refractivity contribution is 1.24. The minimum atomic E-state index is 0.979. The summed E-state index contributed by atoms with van der Waals surface area (Å²) in [5, 5.41) is 3.05. The van der Waals surface area contributed by atoms with Crippen LogP contribution in [0.2, 0.25) is 0 Å². The molecule has 2 nitrogen and oxygen atoms in total. The van der Waals surface area contributed by atoms with Gasteiger partial charge in [-0.05, 0) is 32.4 Å². The van der Waals surface area contributed by atoms with Crippen molar-refractivity contribution in [2.45, 2.75) is 20.8 Å². The van der Waals surface area contributed by atoms with E-state index >= 15 is 0 Å². The van der Waals surface area contributed by atoms with Crippen LogP contribution in [0.4, 0.5) is 5.69 Å². The Kier molecular flexibility index (Phi) is 3.15. The topological polar surface area (TPSA) is 25.2 Å². The number of aromatic nitrogens is 1. The molecular formula is C13H14N2S. The van der Waals surface area contributed by atoms with Gasteiger partial charge in [-0.1, -0.05) is 18.2 Å². The minimum Gasteiger partial charge on any atom is -0.250 e. The number of rotatable bonds is 2. The number of hydrogen-bond donors (Lipinski definition) is 0. The van der Waals surface area contributed by atoms with Crippen molar-refractivity contribution in [2.24, 2.45) is 4.99 Å². The number of benzene rings is 1. The third-order valence-electron chi connectivity index (χ3n) is 2.33. The van der Waals surface area contributed by atoms with Gasteiger partial charge in [-0.15, -0.1) is 11.3 Å². The zero-order valence-electron chi connectivity index (χ0n) is 9.69. The molecule has 0 atom stereocenters. The second kappa shape index (κ2) is 4.58. The first-order valence-corrected chi connectivity index (χ1v) is 6.08. The molecule has 0 unspecified atom stereocenters. The summed E-state index contributed by atoms with van der Waals surface area (Å²) in [5.41, 5.74) is 4.25. The van der Waals surface area contributed by atoms with E-state index in [9.17, 15) is 0 Å². The zero-order chi connectivity index (χ0) is 11.5. The molecule has 0 N–H and O–H groups in total. The molecule has 16 heavy (non-hydrogen) atoms. The Morgan fingerprint density at radius 1 is 1.25 bits per heavy atom. The molecule has 0 spiro atoms. The van der Waals surface area contributed by atoms with Crippen molar-refractivity contribution >= 4 is 22.7 Å². The van der Waals surface area contributed by atoms with E-state index in [1.54, 1.807) is 11.3 Å². The molecule has 0 saturated carbocycles. The Bertz CT molecular complexity index is 526. The third kappa shape index (κ3) is 2.36. The molecule has 0 saturated heterocycles. The first kappa shape index (κ1) is 11.0. The maximum Gasteiger partial charge on any atom is 0.137 e. The maximum absolute atomic E-state index is 4.61. The normalized spacial score (nSPS) is 11.8. The van der Waals surface area contributed by atoms with Crippen LogP contribution in [0.3, 0.4) is 0 Å². The van der Waals surface area contributed by atoms with Gasteiger partial charge in [0.05, 0.1) is 11.4 Å². The van der Waals surface area contributed by atoms with Gasteiger partial charge in [0.1, 0.15) is 5.01 Å². The van der Waals surface area contributed by atoms with Gasteiger partial charge in [-0.25, -0.2) is 4.98 Å². The highest BCUT2D eigenvalue weighted by atomic mass is 32.1. The van der Waals surface area contributed by atoms with Crippen molar-refractivity contribution in [1.29, 1.82) is 0 Å². The summed E-state index contributed by atoms with van der Waals surface area (Å²) in [7, 11) is 0. The predicted molar refractivity (Wildman–Crippen MR) is 69.9 cm³/mol. The van der Waals surface area contributed by atoms with Crippen LogP contribution in [-0.4, -0.2) is 10.7 Å². The summed E-state index contributed by atoms with van der Waals surface area (Å²) >= 11 is 1.64. The number of para-hydroxylation sites is 1. The molecule has 0 aliphatic heterocycles. The lowest BCUT2D eigenvalue weighted by atomic mass is 10.2. The second-order valence-electron chi connectivity index (χ2n) is 3.78. The first-order chi connectivity index (χ1) is 7.66. The van der Waals surface area contributed by atoms with Crippen molar-refractivity contribution in [2.75, 3.05) is 0 Å². The van der Waals surface area contributed by atoms with Crippen LogP contribution in [0.25, 0.3) is 0 Å². The average Bonchev–Trinajstić information content (AvgIpc) is 2.68. The van der Waals surface area contributed by atoms with E-state index in [0.717, 1.165) is 22.1 Å². The molecule has 1 heterocycles. The van der Waals surface area contributed by atoms with Crippen LogP contribution in [-0.2, 0) is 0 Å². The van der Waals surface area contributed by atoms with Gasteiger partial charge in [-0.3, -0.25) is 4.99 Å². The summed E-state index contributed by atoms with van der Waals surface area (Å²) in [6, 6.07) is 8.13. The summed E-state index contributed by atoms with van der Waals surface area (Å²) in [4.78, 5) is 9.03. The lowest BCUT2D eigenvalue weighted by Crippen LogP contribution is -1.93. The third-order valence-corrected chi connectivity index (χ3v) is 3.40. The van der Waals surface area contributed by atoms with E-state index in [0.29, 0.717) is 0 Å². The fraction of sp³-hybridized carbons (Fsp3) is 0.231. The van der Waals surface area contributed by atoms with E-state index < -0.39 is 0 Å². The fourth-order valence-electron chi connectivity index (χ4n) is 1.44. The molecule has 1 aromatic carbocycles. The van der Waals surface area contributed by atoms with E-state index in [-0.39, 0.29) is 0 Å². The van der Waals surface area contributed by atoms with Crippen molar-refractivity contribution in [3.8, 4) is 0 Å². The smallest absolute Gasteiger partial charge is 0.137 e. The van der Waals surface area contributed by atoms with E-state index in [2.05, 4.69) is 23.0 Å². The summed E-state index contributed by atoms with van der Waals surface area (Å²) in [5.74, 6) is 0. The van der Waals surface area contributed by atoms with Crippen LogP contribution in [0.1, 0.15) is 23.2 Å². The Morgan fingerprint density at radius 2 is 2.00 bits per heavy atom. The molecule has 3 heteroatoms. The summed E-state index contributed by atoms with van der Waals surface area (Å²) < 4.78 is 0. The molecule has 0 amide bonds. The summed E-state index contributed by atoms with van der Waals surface area (Å²) in [6.45, 7) is 6.07. The highest BCUT2D eigenvalue weighted by molar-refractivity contribution is 7.11. The van der Waals surface area contributed by atoms with Gasteiger partial charge in [0, 0.05) is 11.1 Å². The van der Waals surface area contributed by atoms with Crippen molar-refractivity contribution in [3.05, 3.63) is 45.9 Å². The molecular weight excluding hydrogens is 216 g/mol. The van der Waals surface area contributed by atoms with Crippen LogP contribution in [0, 0.1) is 13.8 Å². The molecule has 2 aromatic rings. The van der Waals surface area contributed by atoms with Gasteiger partial charge in [0.25, 0.3) is 0 Å². The Labute approximate surface area is 99.7 Å². The van der Waals surface area contributed by atoms with Gasteiger partial charge in [0.2, 0.25) is 0 Å². The SMILES string of the molecule is CC(=Nc1ccccc1C)c1nc(C)cs1. The van der Waals surface area contributed by atoms with Crippen molar-refractivity contribution in [3.63, 3.8) is 0 Å². The number of aliphatic imine (C=N–C) groups is 1. The van der Waals surface area contributed by atoms with Crippen molar-refractivity contribution in [1.82, 2.24) is 4.98 Å². The minimum absolute atomic E-state index is 0.979. The quantitative estimate of drug-likeness (QED) is 0.718. The first-order valence-electron chi connectivity index (χ1n) is 5.20. The summed E-state index contributed by atoms with van der Waals surface area (Å²) in [6.07, 6.45) is 0. The molecule has 2 rings (SSSR count). The van der Waals surface area contributed by atoms with Gasteiger partial charge >= 0.3 is 0 Å². The number of aryl methyl sites for hydroxylation is 2. The number of hydrogen-bond acceptors (Lipinski definition) is 3. The standard InChI is InChI=1S/C13H14N2S/c1-9-6-4-5-7-12(9)15-11(3)13-14-10(2)8-16-13/h4-8H,1-3H3. The molecule has 0 radical (unpaired) electrons. The molecule has 1 aromatic heterocycles. The Balaban J connectivity index is 2.35. The van der Waals surface area contributed by atoms with Crippen LogP contribution >= 0.6 is 11.3 Å². The molecule has 0 fully saturated rings. The van der Waals surface area contributed by atoms with E-state index in [4.69, 9.17) is 0 Å². The van der Waals surface area contributed by atoms with E-state index in [1.165, 1.54) is 5.56 Å². The van der Waals surface area contributed by atoms with Crippen LogP contribution in [0.15, 0.2) is 34.6 Å². The molecule has 82 valence electrons. The molecule has 0 bridgehead atoms. The highest BCUT2D eigenvalue weighted by Gasteiger charge is 2.03. The van der Waals surface area contributed by atoms with Crippen LogP contribution in [0.5, 0.6) is 0 Å². The fourth-order valence-corrected chi connectivity index (χ4v) is 2.19. The van der Waals surface area contributed by atoms with Gasteiger partial charge in [0.15, 0.2) is 0 Å². The van der Waals surface area contributed by atoms with Gasteiger partial charge < -0.3 is 0 Å². The average molecular weight is 230 g/mol. The zero-order valence-corrected chi connectivity index (χ0v) is 10.5. The Morgan fingerprint density at radius 3 is 2.62 bits per heavy atom. The predicted octanol–water partition coefficient (Wildman–Crippen LogP) is 3.90. The van der Waals surface area contributed by atoms with Crippen molar-refractivity contribution < 1.29 is 0 Å². The highest BCUT2D eigenvalue weighted by Crippen LogP contribution is 2.19. The van der Waals surface area contributed by atoms with E-state index in [1.807, 2.05) is 37.4 Å². The van der Waals surface area contributed by atoms with Gasteiger partial charge in [-0.2, -0.15) is 0 Å². The van der Waals surface area contributed by atoms with Crippen LogP contribution < -0.4 is 0 Å². The second-order valence-corrected chi connectivity index (χ2v) is 4.64. The largest absolute Gasteiger partial charge is 0.250 e. The number of nitrogens with zero attached hydrogens (tertiary/aromatic N) is 2. The molecule has 0 aliphatic rings. The molecule has 0 aliphatic carbocycles. The monoisotopic (exact) mass is 230 g/mol. The maximum atomic E-state index is 4.61. The Hall–Kier alpha value is -1.48.